The largest absolute Gasteiger partial charge is 0.506 e. The molecule has 0 aromatic heterocycles. The molecule has 0 atom stereocenters. The van der Waals surface area contributed by atoms with Crippen molar-refractivity contribution in [1.29, 1.82) is 0 Å². The van der Waals surface area contributed by atoms with E-state index in [9.17, 15) is 19.5 Å². The second-order valence-electron chi connectivity index (χ2n) is 5.87. The maximum absolute atomic E-state index is 11.9. The van der Waals surface area contributed by atoms with Crippen LogP contribution in [0.5, 0.6) is 5.75 Å². The van der Waals surface area contributed by atoms with Gasteiger partial charge in [-0.2, -0.15) is 0 Å². The molecule has 1 rings (SSSR count). The van der Waals surface area contributed by atoms with Gasteiger partial charge in [0.05, 0.1) is 12.1 Å². The highest BCUT2D eigenvalue weighted by Crippen LogP contribution is 2.27. The van der Waals surface area contributed by atoms with Crippen molar-refractivity contribution in [2.45, 2.75) is 58.8 Å². The zero-order chi connectivity index (χ0) is 17.9. The number of phenolic OH excluding ortho intramolecular Hbond substituents is 1. The van der Waals surface area contributed by atoms with Gasteiger partial charge in [-0.05, 0) is 31.5 Å². The zero-order valence-electron chi connectivity index (χ0n) is 14.4. The maximum atomic E-state index is 11.9. The van der Waals surface area contributed by atoms with Gasteiger partial charge in [0.2, 0.25) is 11.8 Å². The first-order valence-corrected chi connectivity index (χ1v) is 8.34. The van der Waals surface area contributed by atoms with Crippen molar-refractivity contribution in [3.63, 3.8) is 0 Å². The van der Waals surface area contributed by atoms with Crippen LogP contribution in [0.1, 0.15) is 58.8 Å². The Bertz CT molecular complexity index is 584. The number of hydrogen-bond acceptors (Lipinski definition) is 4. The Hall–Kier alpha value is -2.37. The number of unbranched alkanes of at least 4 members (excludes halogenated alkanes) is 4. The van der Waals surface area contributed by atoms with E-state index in [1.54, 1.807) is 6.07 Å². The Morgan fingerprint density at radius 2 is 1.71 bits per heavy atom. The molecule has 0 aliphatic heterocycles. The van der Waals surface area contributed by atoms with Gasteiger partial charge >= 0.3 is 0 Å². The quantitative estimate of drug-likeness (QED) is 0.264. The van der Waals surface area contributed by atoms with Crippen molar-refractivity contribution in [3.05, 3.63) is 18.2 Å². The Morgan fingerprint density at radius 1 is 1.00 bits per heavy atom. The van der Waals surface area contributed by atoms with Crippen molar-refractivity contribution in [1.82, 2.24) is 0 Å². The number of Topliss-reactive ketones (excluding diaryl/α,β-unsaturated/α-hetero) is 1. The number of carbonyl (C=O) groups is 3. The number of benzene rings is 1. The van der Waals surface area contributed by atoms with Crippen LogP contribution in [0.2, 0.25) is 0 Å². The van der Waals surface area contributed by atoms with E-state index in [0.717, 1.165) is 25.7 Å². The number of hydrogen-bond donors (Lipinski definition) is 3. The van der Waals surface area contributed by atoms with Crippen LogP contribution in [-0.2, 0) is 14.4 Å². The lowest BCUT2D eigenvalue weighted by Gasteiger charge is -2.10. The minimum atomic E-state index is -0.503. The summed E-state index contributed by atoms with van der Waals surface area (Å²) >= 11 is 0. The maximum Gasteiger partial charge on any atom is 0.231 e. The fourth-order valence-corrected chi connectivity index (χ4v) is 2.25. The van der Waals surface area contributed by atoms with Crippen molar-refractivity contribution in [2.75, 3.05) is 10.6 Å². The minimum Gasteiger partial charge on any atom is -0.506 e. The van der Waals surface area contributed by atoms with Gasteiger partial charge in [0, 0.05) is 12.1 Å². The SMILES string of the molecule is CCCCCCCC(=O)Nc1ccc(O)c(NC(=O)CC(C)=O)c1. The Balaban J connectivity index is 2.54. The summed E-state index contributed by atoms with van der Waals surface area (Å²) in [5, 5.41) is 15.0. The fraction of sp³-hybridized carbons (Fsp3) is 0.500. The third kappa shape index (κ3) is 7.76. The Morgan fingerprint density at radius 3 is 2.38 bits per heavy atom. The molecule has 24 heavy (non-hydrogen) atoms. The molecule has 1 aromatic rings. The third-order valence-corrected chi connectivity index (χ3v) is 3.47. The number of phenols is 1. The Kier molecular flexibility index (Phi) is 8.54. The van der Waals surface area contributed by atoms with Crippen molar-refractivity contribution >= 4 is 29.0 Å². The standard InChI is InChI=1S/C18H26N2O4/c1-3-4-5-6-7-8-17(23)19-14-9-10-16(22)15(12-14)20-18(24)11-13(2)21/h9-10,12,22H,3-8,11H2,1-2H3,(H,19,23)(H,20,24). The summed E-state index contributed by atoms with van der Waals surface area (Å²) in [6.45, 7) is 3.46. The van der Waals surface area contributed by atoms with E-state index in [1.165, 1.54) is 25.5 Å². The van der Waals surface area contributed by atoms with Crippen LogP contribution < -0.4 is 10.6 Å². The van der Waals surface area contributed by atoms with E-state index in [-0.39, 0.29) is 29.5 Å². The monoisotopic (exact) mass is 334 g/mol. The van der Waals surface area contributed by atoms with Gasteiger partial charge in [0.1, 0.15) is 11.5 Å². The first-order chi connectivity index (χ1) is 11.4. The summed E-state index contributed by atoms with van der Waals surface area (Å²) in [5.41, 5.74) is 0.659. The van der Waals surface area contributed by atoms with Crippen LogP contribution in [-0.4, -0.2) is 22.7 Å². The van der Waals surface area contributed by atoms with E-state index < -0.39 is 5.91 Å². The van der Waals surface area contributed by atoms with Crippen molar-refractivity contribution in [3.8, 4) is 5.75 Å². The molecule has 6 heteroatoms. The Labute approximate surface area is 142 Å². The molecule has 0 radical (unpaired) electrons. The lowest BCUT2D eigenvalue weighted by atomic mass is 10.1. The summed E-state index contributed by atoms with van der Waals surface area (Å²) < 4.78 is 0. The van der Waals surface area contributed by atoms with Gasteiger partial charge in [-0.1, -0.05) is 32.6 Å². The highest BCUT2D eigenvalue weighted by Gasteiger charge is 2.10. The number of rotatable bonds is 10. The molecule has 0 spiro atoms. The van der Waals surface area contributed by atoms with Crippen molar-refractivity contribution < 1.29 is 19.5 Å². The first-order valence-electron chi connectivity index (χ1n) is 8.34. The molecule has 0 fully saturated rings. The molecule has 6 nitrogen and oxygen atoms in total. The van der Waals surface area contributed by atoms with Gasteiger partial charge in [-0.25, -0.2) is 0 Å². The lowest BCUT2D eigenvalue weighted by Crippen LogP contribution is -2.15. The van der Waals surface area contributed by atoms with E-state index in [2.05, 4.69) is 17.6 Å². The van der Waals surface area contributed by atoms with E-state index in [1.807, 2.05) is 0 Å². The molecule has 3 N–H and O–H groups in total. The molecular weight excluding hydrogens is 308 g/mol. The first kappa shape index (κ1) is 19.7. The van der Waals surface area contributed by atoms with E-state index in [0.29, 0.717) is 12.1 Å². The smallest absolute Gasteiger partial charge is 0.231 e. The molecule has 1 aromatic carbocycles. The molecule has 0 saturated carbocycles. The second kappa shape index (κ2) is 10.4. The van der Waals surface area contributed by atoms with Crippen LogP contribution >= 0.6 is 0 Å². The van der Waals surface area contributed by atoms with Gasteiger partial charge < -0.3 is 15.7 Å². The number of anilines is 2. The molecule has 0 aliphatic carbocycles. The highest BCUT2D eigenvalue weighted by molar-refractivity contribution is 6.04. The second-order valence-corrected chi connectivity index (χ2v) is 5.87. The van der Waals surface area contributed by atoms with Crippen molar-refractivity contribution in [2.24, 2.45) is 0 Å². The minimum absolute atomic E-state index is 0.0989. The predicted molar refractivity (Wildman–Crippen MR) is 94.0 cm³/mol. The third-order valence-electron chi connectivity index (χ3n) is 3.47. The number of amides is 2. The summed E-state index contributed by atoms with van der Waals surface area (Å²) in [6, 6.07) is 4.42. The number of aromatic hydroxyl groups is 1. The highest BCUT2D eigenvalue weighted by atomic mass is 16.3. The summed E-state index contributed by atoms with van der Waals surface area (Å²) in [6.07, 6.45) is 5.54. The predicted octanol–water partition coefficient (Wildman–Crippen LogP) is 3.61. The molecule has 132 valence electrons. The molecular formula is C18H26N2O4. The summed E-state index contributed by atoms with van der Waals surface area (Å²) in [7, 11) is 0. The number of nitrogens with one attached hydrogen (secondary N) is 2. The summed E-state index contributed by atoms with van der Waals surface area (Å²) in [5.74, 6) is -0.987. The van der Waals surface area contributed by atoms with Gasteiger partial charge in [-0.3, -0.25) is 14.4 Å². The topological polar surface area (TPSA) is 95.5 Å². The molecule has 2 amide bonds. The fourth-order valence-electron chi connectivity index (χ4n) is 2.25. The number of carbonyl (C=O) groups excluding carboxylic acids is 3. The molecule has 0 heterocycles. The van der Waals surface area contributed by atoms with Gasteiger partial charge in [0.25, 0.3) is 0 Å². The van der Waals surface area contributed by atoms with Gasteiger partial charge in [-0.15, -0.1) is 0 Å². The van der Waals surface area contributed by atoms with Crippen LogP contribution in [0, 0.1) is 0 Å². The average molecular weight is 334 g/mol. The van der Waals surface area contributed by atoms with Gasteiger partial charge in [0.15, 0.2) is 0 Å². The average Bonchev–Trinajstić information content (AvgIpc) is 2.49. The zero-order valence-corrected chi connectivity index (χ0v) is 14.4. The lowest BCUT2D eigenvalue weighted by molar-refractivity contribution is -0.124. The van der Waals surface area contributed by atoms with E-state index in [4.69, 9.17) is 0 Å². The molecule has 0 aliphatic rings. The van der Waals surface area contributed by atoms with E-state index >= 15 is 0 Å². The molecule has 0 bridgehead atoms. The van der Waals surface area contributed by atoms with Crippen LogP contribution in [0.15, 0.2) is 18.2 Å². The van der Waals surface area contributed by atoms with Crippen LogP contribution in [0.3, 0.4) is 0 Å². The summed E-state index contributed by atoms with van der Waals surface area (Å²) in [4.78, 5) is 34.4. The van der Waals surface area contributed by atoms with Crippen LogP contribution in [0.4, 0.5) is 11.4 Å². The van der Waals surface area contributed by atoms with Crippen LogP contribution in [0.25, 0.3) is 0 Å². The normalized spacial score (nSPS) is 10.2. The molecule has 0 saturated heterocycles. The number of ketones is 1. The molecule has 0 unspecified atom stereocenters.